The first-order chi connectivity index (χ1) is 5.77. The van der Waals surface area contributed by atoms with Crippen LogP contribution >= 0.6 is 0 Å². The minimum atomic E-state index is -0.0658. The molecule has 12 heavy (non-hydrogen) atoms. The van der Waals surface area contributed by atoms with Gasteiger partial charge >= 0.3 is 0 Å². The molecule has 0 bridgehead atoms. The summed E-state index contributed by atoms with van der Waals surface area (Å²) in [5.74, 6) is 1.53. The summed E-state index contributed by atoms with van der Waals surface area (Å²) >= 11 is 0. The predicted molar refractivity (Wildman–Crippen MR) is 46.7 cm³/mol. The maximum Gasteiger partial charge on any atom is 0.236 e. The quantitative estimate of drug-likeness (QED) is 0.617. The van der Waals surface area contributed by atoms with Gasteiger partial charge in [-0.3, -0.25) is 4.79 Å². The van der Waals surface area contributed by atoms with Gasteiger partial charge < -0.3 is 0 Å². The molecule has 3 heteroatoms. The minimum absolute atomic E-state index is 0.0658. The SMILES string of the molecule is CC(=O)N/N=C1/CCC1C1CC1. The molecule has 0 aromatic carbocycles. The number of rotatable bonds is 2. The van der Waals surface area contributed by atoms with E-state index in [4.69, 9.17) is 0 Å². The molecule has 2 rings (SSSR count). The third-order valence-corrected chi connectivity index (χ3v) is 2.69. The Morgan fingerprint density at radius 1 is 1.50 bits per heavy atom. The Morgan fingerprint density at radius 2 is 2.25 bits per heavy atom. The fraction of sp³-hybridized carbons (Fsp3) is 0.778. The predicted octanol–water partition coefficient (Wildman–Crippen LogP) is 1.30. The summed E-state index contributed by atoms with van der Waals surface area (Å²) in [6, 6.07) is 0. The van der Waals surface area contributed by atoms with Crippen LogP contribution in [-0.2, 0) is 4.79 Å². The summed E-state index contributed by atoms with van der Waals surface area (Å²) in [5, 5.41) is 4.09. The van der Waals surface area contributed by atoms with Gasteiger partial charge in [-0.1, -0.05) is 0 Å². The molecule has 0 aromatic rings. The zero-order chi connectivity index (χ0) is 8.55. The Labute approximate surface area is 72.2 Å². The van der Waals surface area contributed by atoms with Crippen LogP contribution in [0.2, 0.25) is 0 Å². The van der Waals surface area contributed by atoms with Crippen LogP contribution in [0.1, 0.15) is 32.6 Å². The third kappa shape index (κ3) is 1.49. The Bertz CT molecular complexity index is 231. The van der Waals surface area contributed by atoms with Crippen molar-refractivity contribution >= 4 is 11.6 Å². The van der Waals surface area contributed by atoms with Crippen LogP contribution in [0.15, 0.2) is 5.10 Å². The van der Waals surface area contributed by atoms with Gasteiger partial charge in [0, 0.05) is 18.6 Å². The second-order valence-corrected chi connectivity index (χ2v) is 3.75. The average Bonchev–Trinajstić information content (AvgIpc) is 2.68. The van der Waals surface area contributed by atoms with Crippen molar-refractivity contribution < 1.29 is 4.79 Å². The third-order valence-electron chi connectivity index (χ3n) is 2.69. The molecule has 0 aromatic heterocycles. The Balaban J connectivity index is 1.86. The summed E-state index contributed by atoms with van der Waals surface area (Å²) in [6.07, 6.45) is 5.10. The van der Waals surface area contributed by atoms with Crippen LogP contribution in [0.25, 0.3) is 0 Å². The molecule has 1 amide bonds. The molecule has 2 aliphatic carbocycles. The maximum atomic E-state index is 10.6. The van der Waals surface area contributed by atoms with E-state index in [1.807, 2.05) is 0 Å². The first-order valence-corrected chi connectivity index (χ1v) is 4.60. The number of hydrazone groups is 1. The molecular weight excluding hydrogens is 152 g/mol. The van der Waals surface area contributed by atoms with Crippen molar-refractivity contribution in [3.63, 3.8) is 0 Å². The van der Waals surface area contributed by atoms with Crippen molar-refractivity contribution in [3.8, 4) is 0 Å². The maximum absolute atomic E-state index is 10.6. The molecule has 0 spiro atoms. The summed E-state index contributed by atoms with van der Waals surface area (Å²) in [5.41, 5.74) is 3.72. The molecule has 1 atom stereocenters. The van der Waals surface area contributed by atoms with Crippen LogP contribution in [0.5, 0.6) is 0 Å². The molecule has 2 fully saturated rings. The summed E-state index contributed by atoms with van der Waals surface area (Å²) in [6.45, 7) is 1.49. The second kappa shape index (κ2) is 2.88. The number of amides is 1. The fourth-order valence-electron chi connectivity index (χ4n) is 1.74. The van der Waals surface area contributed by atoms with Crippen LogP contribution in [-0.4, -0.2) is 11.6 Å². The van der Waals surface area contributed by atoms with Crippen molar-refractivity contribution in [1.82, 2.24) is 5.43 Å². The van der Waals surface area contributed by atoms with Crippen LogP contribution < -0.4 is 5.43 Å². The van der Waals surface area contributed by atoms with Crippen molar-refractivity contribution in [2.45, 2.75) is 32.6 Å². The largest absolute Gasteiger partial charge is 0.274 e. The monoisotopic (exact) mass is 166 g/mol. The normalized spacial score (nSPS) is 31.4. The number of nitrogens with zero attached hydrogens (tertiary/aromatic N) is 1. The van der Waals surface area contributed by atoms with Crippen molar-refractivity contribution in [2.75, 3.05) is 0 Å². The smallest absolute Gasteiger partial charge is 0.236 e. The van der Waals surface area contributed by atoms with Gasteiger partial charge in [-0.25, -0.2) is 5.43 Å². The van der Waals surface area contributed by atoms with E-state index in [-0.39, 0.29) is 5.91 Å². The van der Waals surface area contributed by atoms with Crippen LogP contribution in [0.4, 0.5) is 0 Å². The van der Waals surface area contributed by atoms with Gasteiger partial charge in [0.1, 0.15) is 0 Å². The zero-order valence-corrected chi connectivity index (χ0v) is 7.34. The van der Waals surface area contributed by atoms with Crippen LogP contribution in [0.3, 0.4) is 0 Å². The van der Waals surface area contributed by atoms with E-state index < -0.39 is 0 Å². The van der Waals surface area contributed by atoms with Crippen LogP contribution in [0, 0.1) is 11.8 Å². The number of hydrogen-bond donors (Lipinski definition) is 1. The highest BCUT2D eigenvalue weighted by molar-refractivity contribution is 5.93. The highest BCUT2D eigenvalue weighted by atomic mass is 16.2. The number of hydrogen-bond acceptors (Lipinski definition) is 2. The highest BCUT2D eigenvalue weighted by Crippen LogP contribution is 2.45. The van der Waals surface area contributed by atoms with E-state index in [1.165, 1.54) is 31.9 Å². The molecule has 66 valence electrons. The molecule has 1 N–H and O–H groups in total. The second-order valence-electron chi connectivity index (χ2n) is 3.75. The molecule has 3 nitrogen and oxygen atoms in total. The Hall–Kier alpha value is -0.860. The lowest BCUT2D eigenvalue weighted by Gasteiger charge is -2.27. The number of nitrogens with one attached hydrogen (secondary N) is 1. The molecule has 0 aliphatic heterocycles. The van der Waals surface area contributed by atoms with Gasteiger partial charge in [0.05, 0.1) is 0 Å². The van der Waals surface area contributed by atoms with Crippen molar-refractivity contribution in [3.05, 3.63) is 0 Å². The van der Waals surface area contributed by atoms with E-state index in [2.05, 4.69) is 10.5 Å². The van der Waals surface area contributed by atoms with E-state index >= 15 is 0 Å². The van der Waals surface area contributed by atoms with Crippen molar-refractivity contribution in [1.29, 1.82) is 0 Å². The van der Waals surface area contributed by atoms with Crippen molar-refractivity contribution in [2.24, 2.45) is 16.9 Å². The van der Waals surface area contributed by atoms with Gasteiger partial charge in [-0.2, -0.15) is 5.10 Å². The first kappa shape index (κ1) is 7.77. The van der Waals surface area contributed by atoms with Gasteiger partial charge in [-0.05, 0) is 31.6 Å². The summed E-state index contributed by atoms with van der Waals surface area (Å²) < 4.78 is 0. The molecular formula is C9H14N2O. The molecule has 0 heterocycles. The number of carbonyl (C=O) groups excluding carboxylic acids is 1. The zero-order valence-electron chi connectivity index (χ0n) is 7.34. The first-order valence-electron chi connectivity index (χ1n) is 4.60. The Kier molecular flexibility index (Phi) is 1.87. The highest BCUT2D eigenvalue weighted by Gasteiger charge is 2.39. The molecule has 0 saturated heterocycles. The van der Waals surface area contributed by atoms with E-state index in [0.29, 0.717) is 5.92 Å². The van der Waals surface area contributed by atoms with Gasteiger partial charge in [0.25, 0.3) is 0 Å². The number of carbonyl (C=O) groups is 1. The summed E-state index contributed by atoms with van der Waals surface area (Å²) in [7, 11) is 0. The standard InChI is InChI=1S/C9H14N2O/c1-6(12)10-11-9-5-4-8(9)7-2-3-7/h7-8H,2-5H2,1H3,(H,10,12)/b11-9-. The minimum Gasteiger partial charge on any atom is -0.274 e. The molecule has 1 unspecified atom stereocenters. The van der Waals surface area contributed by atoms with E-state index in [9.17, 15) is 4.79 Å². The molecule has 2 saturated carbocycles. The lowest BCUT2D eigenvalue weighted by Crippen LogP contribution is -2.30. The Morgan fingerprint density at radius 3 is 2.67 bits per heavy atom. The lowest BCUT2D eigenvalue weighted by molar-refractivity contribution is -0.118. The fourth-order valence-corrected chi connectivity index (χ4v) is 1.74. The van der Waals surface area contributed by atoms with E-state index in [0.717, 1.165) is 12.3 Å². The molecule has 0 radical (unpaired) electrons. The summed E-state index contributed by atoms with van der Waals surface area (Å²) in [4.78, 5) is 10.6. The van der Waals surface area contributed by atoms with E-state index in [1.54, 1.807) is 0 Å². The lowest BCUT2D eigenvalue weighted by atomic mass is 9.79. The van der Waals surface area contributed by atoms with Gasteiger partial charge in [0.2, 0.25) is 5.91 Å². The molecule has 2 aliphatic rings. The average molecular weight is 166 g/mol. The topological polar surface area (TPSA) is 41.5 Å². The van der Waals surface area contributed by atoms with Gasteiger partial charge in [-0.15, -0.1) is 0 Å². The van der Waals surface area contributed by atoms with Gasteiger partial charge in [0.15, 0.2) is 0 Å².